The smallest absolute Gasteiger partial charge is 0.247 e. The van der Waals surface area contributed by atoms with Crippen LogP contribution in [0, 0.1) is 5.92 Å². The molecule has 4 heteroatoms. The van der Waals surface area contributed by atoms with E-state index < -0.39 is 0 Å². The molecule has 1 aliphatic heterocycles. The summed E-state index contributed by atoms with van der Waals surface area (Å²) >= 11 is 0. The molecule has 3 unspecified atom stereocenters. The van der Waals surface area contributed by atoms with Gasteiger partial charge in [-0.2, -0.15) is 0 Å². The number of nitrogens with one attached hydrogen (secondary N) is 1. The Morgan fingerprint density at radius 3 is 2.47 bits per heavy atom. The van der Waals surface area contributed by atoms with E-state index in [1.165, 1.54) is 0 Å². The summed E-state index contributed by atoms with van der Waals surface area (Å²) in [4.78, 5) is 25.7. The molecule has 2 saturated carbocycles. The van der Waals surface area contributed by atoms with Gasteiger partial charge in [0, 0.05) is 12.1 Å². The van der Waals surface area contributed by atoms with Gasteiger partial charge in [0.05, 0.1) is 12.5 Å². The van der Waals surface area contributed by atoms with Crippen LogP contribution in [0.15, 0.2) is 0 Å². The average Bonchev–Trinajstić information content (AvgIpc) is 2.71. The average molecular weight is 236 g/mol. The summed E-state index contributed by atoms with van der Waals surface area (Å²) < 4.78 is 0. The van der Waals surface area contributed by atoms with E-state index in [1.54, 1.807) is 4.90 Å². The first-order valence-electron chi connectivity index (χ1n) is 6.79. The van der Waals surface area contributed by atoms with E-state index in [9.17, 15) is 9.59 Å². The lowest BCUT2D eigenvalue weighted by Gasteiger charge is -2.22. The molecule has 1 heterocycles. The van der Waals surface area contributed by atoms with Crippen LogP contribution in [0.4, 0.5) is 0 Å². The van der Waals surface area contributed by atoms with Crippen molar-refractivity contribution in [3.05, 3.63) is 0 Å². The lowest BCUT2D eigenvalue weighted by molar-refractivity contribution is -0.141. The monoisotopic (exact) mass is 236 g/mol. The summed E-state index contributed by atoms with van der Waals surface area (Å²) in [5.41, 5.74) is 0. The molecule has 3 rings (SSSR count). The van der Waals surface area contributed by atoms with Gasteiger partial charge in [0.15, 0.2) is 0 Å². The summed E-state index contributed by atoms with van der Waals surface area (Å²) in [6.07, 6.45) is 5.83. The molecule has 3 fully saturated rings. The highest BCUT2D eigenvalue weighted by Crippen LogP contribution is 2.32. The Hall–Kier alpha value is -0.900. The van der Waals surface area contributed by atoms with Crippen LogP contribution in [0.1, 0.15) is 45.4 Å². The topological polar surface area (TPSA) is 49.4 Å². The Bertz CT molecular complexity index is 349. The Labute approximate surface area is 102 Å². The van der Waals surface area contributed by atoms with Crippen LogP contribution in [0.2, 0.25) is 0 Å². The highest BCUT2D eigenvalue weighted by atomic mass is 16.2. The Morgan fingerprint density at radius 2 is 1.88 bits per heavy atom. The maximum Gasteiger partial charge on any atom is 0.247 e. The molecule has 0 aromatic rings. The third-order valence-corrected chi connectivity index (χ3v) is 4.40. The van der Waals surface area contributed by atoms with Gasteiger partial charge in [-0.15, -0.1) is 0 Å². The highest BCUT2D eigenvalue weighted by molar-refractivity contribution is 6.05. The molecule has 0 radical (unpaired) electrons. The Balaban J connectivity index is 1.65. The molecule has 0 spiro atoms. The van der Waals surface area contributed by atoms with Crippen molar-refractivity contribution in [2.24, 2.45) is 5.92 Å². The second-order valence-electron chi connectivity index (χ2n) is 5.78. The maximum atomic E-state index is 12.2. The van der Waals surface area contributed by atoms with Crippen LogP contribution in [0.3, 0.4) is 0 Å². The van der Waals surface area contributed by atoms with Crippen molar-refractivity contribution in [3.8, 4) is 0 Å². The highest BCUT2D eigenvalue weighted by Gasteiger charge is 2.45. The lowest BCUT2D eigenvalue weighted by atomic mass is 10.2. The van der Waals surface area contributed by atoms with Crippen molar-refractivity contribution in [3.63, 3.8) is 0 Å². The number of hydrogen-bond donors (Lipinski definition) is 1. The third kappa shape index (κ3) is 1.99. The normalized spacial score (nSPS) is 38.2. The van der Waals surface area contributed by atoms with E-state index in [4.69, 9.17) is 0 Å². The first-order chi connectivity index (χ1) is 8.16. The molecule has 4 nitrogen and oxygen atoms in total. The molecule has 1 saturated heterocycles. The number of nitrogens with zero attached hydrogens (tertiary/aromatic N) is 1. The molecule has 17 heavy (non-hydrogen) atoms. The van der Waals surface area contributed by atoms with Crippen LogP contribution < -0.4 is 5.32 Å². The predicted octanol–water partition coefficient (Wildman–Crippen LogP) is 1.05. The molecule has 1 N–H and O–H groups in total. The van der Waals surface area contributed by atoms with E-state index in [1.807, 2.05) is 0 Å². The molecule has 94 valence electrons. The predicted molar refractivity (Wildman–Crippen MR) is 63.2 cm³/mol. The van der Waals surface area contributed by atoms with Crippen molar-refractivity contribution in [1.29, 1.82) is 0 Å². The largest absolute Gasteiger partial charge is 0.302 e. The molecule has 2 aliphatic carbocycles. The second kappa shape index (κ2) is 4.09. The van der Waals surface area contributed by atoms with Gasteiger partial charge in [-0.05, 0) is 25.2 Å². The fourth-order valence-electron chi connectivity index (χ4n) is 3.14. The number of carbonyl (C=O) groups is 2. The number of likely N-dealkylation sites (tertiary alicyclic amines) is 1. The van der Waals surface area contributed by atoms with Crippen molar-refractivity contribution >= 4 is 11.8 Å². The molecule has 2 amide bonds. The number of carbonyl (C=O) groups excluding carboxylic acids is 2. The van der Waals surface area contributed by atoms with Gasteiger partial charge >= 0.3 is 0 Å². The van der Waals surface area contributed by atoms with Gasteiger partial charge in [-0.3, -0.25) is 14.5 Å². The van der Waals surface area contributed by atoms with Crippen LogP contribution in [-0.4, -0.2) is 34.8 Å². The van der Waals surface area contributed by atoms with Crippen molar-refractivity contribution in [2.45, 2.75) is 63.6 Å². The molecular weight excluding hydrogens is 216 g/mol. The number of imide groups is 1. The van der Waals surface area contributed by atoms with E-state index >= 15 is 0 Å². The van der Waals surface area contributed by atoms with E-state index in [0.717, 1.165) is 32.1 Å². The van der Waals surface area contributed by atoms with Gasteiger partial charge in [-0.25, -0.2) is 0 Å². The van der Waals surface area contributed by atoms with Crippen LogP contribution in [0.25, 0.3) is 0 Å². The first-order valence-corrected chi connectivity index (χ1v) is 6.79. The summed E-state index contributed by atoms with van der Waals surface area (Å²) in [6.45, 7) is 2.17. The molecule has 3 atom stereocenters. The summed E-state index contributed by atoms with van der Waals surface area (Å²) in [5.74, 6) is 0.729. The van der Waals surface area contributed by atoms with Crippen molar-refractivity contribution < 1.29 is 9.59 Å². The van der Waals surface area contributed by atoms with Crippen LogP contribution >= 0.6 is 0 Å². The zero-order valence-electron chi connectivity index (χ0n) is 10.3. The second-order valence-corrected chi connectivity index (χ2v) is 5.78. The zero-order chi connectivity index (χ0) is 12.0. The minimum absolute atomic E-state index is 0.0287. The minimum Gasteiger partial charge on any atom is -0.302 e. The fraction of sp³-hybridized carbons (Fsp3) is 0.846. The van der Waals surface area contributed by atoms with E-state index in [0.29, 0.717) is 18.4 Å². The molecule has 3 aliphatic rings. The van der Waals surface area contributed by atoms with E-state index in [2.05, 4.69) is 12.2 Å². The Morgan fingerprint density at radius 1 is 1.24 bits per heavy atom. The first kappa shape index (κ1) is 11.2. The van der Waals surface area contributed by atoms with Gasteiger partial charge in [0.2, 0.25) is 11.8 Å². The lowest BCUT2D eigenvalue weighted by Crippen LogP contribution is -2.43. The number of rotatable bonds is 3. The van der Waals surface area contributed by atoms with E-state index in [-0.39, 0.29) is 23.9 Å². The maximum absolute atomic E-state index is 12.2. The fourth-order valence-corrected chi connectivity index (χ4v) is 3.14. The minimum atomic E-state index is -0.238. The van der Waals surface area contributed by atoms with Gasteiger partial charge in [0.25, 0.3) is 0 Å². The van der Waals surface area contributed by atoms with Crippen molar-refractivity contribution in [1.82, 2.24) is 10.2 Å². The zero-order valence-corrected chi connectivity index (χ0v) is 10.3. The summed E-state index contributed by atoms with van der Waals surface area (Å²) in [6, 6.07) is 0.414. The SMILES string of the molecule is CC1CC1NC1CC(=O)N(C2CCCC2)C1=O. The van der Waals surface area contributed by atoms with Gasteiger partial charge in [-0.1, -0.05) is 19.8 Å². The van der Waals surface area contributed by atoms with Gasteiger partial charge < -0.3 is 5.32 Å². The van der Waals surface area contributed by atoms with Crippen molar-refractivity contribution in [2.75, 3.05) is 0 Å². The molecule has 0 bridgehead atoms. The molecular formula is C13H20N2O2. The Kier molecular flexibility index (Phi) is 2.69. The third-order valence-electron chi connectivity index (χ3n) is 4.40. The number of hydrogen-bond acceptors (Lipinski definition) is 3. The summed E-state index contributed by atoms with van der Waals surface area (Å²) in [5, 5.41) is 3.32. The quantitative estimate of drug-likeness (QED) is 0.745. The van der Waals surface area contributed by atoms with Crippen LogP contribution in [0.5, 0.6) is 0 Å². The molecule has 0 aromatic heterocycles. The van der Waals surface area contributed by atoms with Crippen LogP contribution in [-0.2, 0) is 9.59 Å². The van der Waals surface area contributed by atoms with Gasteiger partial charge in [0.1, 0.15) is 0 Å². The number of amides is 2. The standard InChI is InChI=1S/C13H20N2O2/c1-8-6-10(8)14-11-7-12(16)15(13(11)17)9-4-2-3-5-9/h8-11,14H,2-7H2,1H3. The summed E-state index contributed by atoms with van der Waals surface area (Å²) in [7, 11) is 0. The molecule has 0 aromatic carbocycles.